The largest absolute Gasteiger partial charge is 0.334 e. The number of hydrogen-bond donors (Lipinski definition) is 2. The van der Waals surface area contributed by atoms with Gasteiger partial charge >= 0.3 is 6.03 Å². The van der Waals surface area contributed by atoms with E-state index in [-0.39, 0.29) is 5.91 Å². The van der Waals surface area contributed by atoms with Crippen LogP contribution in [0.15, 0.2) is 53.1 Å². The van der Waals surface area contributed by atoms with Gasteiger partial charge in [-0.25, -0.2) is 4.79 Å². The number of hydrogen-bond acceptors (Lipinski definition) is 5. The van der Waals surface area contributed by atoms with Crippen LogP contribution in [0.4, 0.5) is 4.79 Å². The van der Waals surface area contributed by atoms with Crippen molar-refractivity contribution in [3.05, 3.63) is 59.7 Å². The van der Waals surface area contributed by atoms with Crippen LogP contribution >= 0.6 is 0 Å². The monoisotopic (exact) mass is 388 g/mol. The lowest BCUT2D eigenvalue weighted by atomic mass is 9.80. The molecule has 2 aliphatic rings. The Balaban J connectivity index is 1.46. The van der Waals surface area contributed by atoms with Crippen molar-refractivity contribution < 1.29 is 14.1 Å². The molecule has 2 fully saturated rings. The summed E-state index contributed by atoms with van der Waals surface area (Å²) in [4.78, 5) is 28.3. The molecule has 7 nitrogen and oxygen atoms in total. The molecule has 5 rings (SSSR count). The number of carbonyl (C=O) groups excluding carboxylic acids is 2. The number of imide groups is 1. The van der Waals surface area contributed by atoms with E-state index in [2.05, 4.69) is 32.9 Å². The fourth-order valence-electron chi connectivity index (χ4n) is 3.84. The molecule has 1 saturated heterocycles. The lowest BCUT2D eigenvalue weighted by molar-refractivity contribution is -0.123. The van der Waals surface area contributed by atoms with Crippen LogP contribution in [0.2, 0.25) is 0 Å². The van der Waals surface area contributed by atoms with Crippen LogP contribution in [0, 0.1) is 0 Å². The summed E-state index contributed by atoms with van der Waals surface area (Å²) >= 11 is 0. The van der Waals surface area contributed by atoms with E-state index in [0.29, 0.717) is 28.8 Å². The molecule has 0 bridgehead atoms. The Hall–Kier alpha value is -3.48. The second-order valence-electron chi connectivity index (χ2n) is 7.79. The molecule has 146 valence electrons. The van der Waals surface area contributed by atoms with Gasteiger partial charge in [0.05, 0.1) is 0 Å². The Morgan fingerprint density at radius 3 is 2.59 bits per heavy atom. The lowest BCUT2D eigenvalue weighted by Gasteiger charge is -2.25. The summed E-state index contributed by atoms with van der Waals surface area (Å²) in [6, 6.07) is 15.0. The standard InChI is InChI=1S/C22H20N4O3/c1-22(20(27)24-21(28)25-22)17-10-4-8-15(12-17)18-23-19(29-26-18)16-9-3-7-14(11-16)13-5-2-6-13/h3-4,7-13H,2,5-6H2,1H3,(H2,24,25,27,28). The van der Waals surface area contributed by atoms with Gasteiger partial charge < -0.3 is 9.84 Å². The van der Waals surface area contributed by atoms with Crippen LogP contribution in [0.3, 0.4) is 0 Å². The summed E-state index contributed by atoms with van der Waals surface area (Å²) in [7, 11) is 0. The highest BCUT2D eigenvalue weighted by Crippen LogP contribution is 2.37. The molecular formula is C22H20N4O3. The number of rotatable bonds is 4. The third-order valence-electron chi connectivity index (χ3n) is 5.88. The third-order valence-corrected chi connectivity index (χ3v) is 5.88. The number of amides is 3. The SMILES string of the molecule is CC1(c2cccc(-c3noc(-c4cccc(C5CCC5)c4)n3)c2)NC(=O)NC1=O. The average molecular weight is 388 g/mol. The van der Waals surface area contributed by atoms with Crippen LogP contribution in [-0.2, 0) is 10.3 Å². The van der Waals surface area contributed by atoms with E-state index in [9.17, 15) is 9.59 Å². The van der Waals surface area contributed by atoms with Crippen LogP contribution in [0.25, 0.3) is 22.8 Å². The van der Waals surface area contributed by atoms with Crippen molar-refractivity contribution in [2.24, 2.45) is 0 Å². The van der Waals surface area contributed by atoms with Crippen molar-refractivity contribution in [3.8, 4) is 22.8 Å². The van der Waals surface area contributed by atoms with Gasteiger partial charge in [-0.15, -0.1) is 0 Å². The van der Waals surface area contributed by atoms with Gasteiger partial charge in [0.15, 0.2) is 0 Å². The number of nitrogens with zero attached hydrogens (tertiary/aromatic N) is 2. The molecule has 3 amide bonds. The van der Waals surface area contributed by atoms with Crippen LogP contribution in [-0.4, -0.2) is 22.1 Å². The minimum absolute atomic E-state index is 0.388. The maximum atomic E-state index is 12.2. The van der Waals surface area contributed by atoms with Crippen LogP contribution < -0.4 is 10.6 Å². The highest BCUT2D eigenvalue weighted by molar-refractivity contribution is 6.07. The first kappa shape index (κ1) is 17.6. The predicted octanol–water partition coefficient (Wildman–Crippen LogP) is 3.73. The molecule has 1 unspecified atom stereocenters. The van der Waals surface area contributed by atoms with Crippen LogP contribution in [0.5, 0.6) is 0 Å². The second kappa shape index (κ2) is 6.55. The summed E-state index contributed by atoms with van der Waals surface area (Å²) in [5, 5.41) is 9.07. The molecule has 2 aromatic carbocycles. The van der Waals surface area contributed by atoms with Crippen molar-refractivity contribution in [3.63, 3.8) is 0 Å². The first-order chi connectivity index (χ1) is 14.0. The smallest absolute Gasteiger partial charge is 0.322 e. The molecule has 1 saturated carbocycles. The Bertz CT molecular complexity index is 1120. The van der Waals surface area contributed by atoms with Crippen molar-refractivity contribution in [2.45, 2.75) is 37.6 Å². The zero-order valence-corrected chi connectivity index (χ0v) is 15.9. The summed E-state index contributed by atoms with van der Waals surface area (Å²) in [5.74, 6) is 1.14. The zero-order valence-electron chi connectivity index (χ0n) is 15.9. The van der Waals surface area contributed by atoms with E-state index in [1.807, 2.05) is 18.2 Å². The third kappa shape index (κ3) is 2.99. The van der Waals surface area contributed by atoms with Gasteiger partial charge in [-0.1, -0.05) is 41.9 Å². The van der Waals surface area contributed by atoms with Gasteiger partial charge in [-0.3, -0.25) is 10.1 Å². The van der Waals surface area contributed by atoms with E-state index in [0.717, 1.165) is 5.56 Å². The van der Waals surface area contributed by atoms with Gasteiger partial charge in [0.2, 0.25) is 5.82 Å². The van der Waals surface area contributed by atoms with Crippen molar-refractivity contribution in [1.82, 2.24) is 20.8 Å². The van der Waals surface area contributed by atoms with Gasteiger partial charge in [0.1, 0.15) is 5.54 Å². The van der Waals surface area contributed by atoms with Crippen molar-refractivity contribution >= 4 is 11.9 Å². The number of aromatic nitrogens is 2. The van der Waals surface area contributed by atoms with Gasteiger partial charge in [0.25, 0.3) is 11.8 Å². The zero-order chi connectivity index (χ0) is 20.0. The van der Waals surface area contributed by atoms with Gasteiger partial charge in [-0.05, 0) is 55.0 Å². The molecule has 2 heterocycles. The maximum Gasteiger partial charge on any atom is 0.322 e. The number of urea groups is 1. The Morgan fingerprint density at radius 2 is 1.86 bits per heavy atom. The number of carbonyl (C=O) groups is 2. The summed E-state index contributed by atoms with van der Waals surface area (Å²) in [5.41, 5.74) is 2.45. The molecule has 1 aromatic heterocycles. The van der Waals surface area contributed by atoms with E-state index < -0.39 is 11.6 Å². The number of nitrogens with one attached hydrogen (secondary N) is 2. The Morgan fingerprint density at radius 1 is 1.07 bits per heavy atom. The normalized spacial score (nSPS) is 21.6. The van der Waals surface area contributed by atoms with Crippen molar-refractivity contribution in [1.29, 1.82) is 0 Å². The molecular weight excluding hydrogens is 368 g/mol. The quantitative estimate of drug-likeness (QED) is 0.664. The maximum absolute atomic E-state index is 12.2. The van der Waals surface area contributed by atoms with E-state index in [1.165, 1.54) is 24.8 Å². The highest BCUT2D eigenvalue weighted by Gasteiger charge is 2.43. The Labute approximate surface area is 167 Å². The first-order valence-corrected chi connectivity index (χ1v) is 9.71. The molecule has 0 spiro atoms. The van der Waals surface area contributed by atoms with Crippen LogP contribution in [0.1, 0.15) is 43.2 Å². The fraction of sp³-hybridized carbons (Fsp3) is 0.273. The van der Waals surface area contributed by atoms with E-state index in [1.54, 1.807) is 25.1 Å². The highest BCUT2D eigenvalue weighted by atomic mass is 16.5. The minimum Gasteiger partial charge on any atom is -0.334 e. The predicted molar refractivity (Wildman–Crippen MR) is 106 cm³/mol. The molecule has 2 N–H and O–H groups in total. The molecule has 1 aliphatic carbocycles. The minimum atomic E-state index is -1.13. The van der Waals surface area contributed by atoms with Gasteiger partial charge in [-0.2, -0.15) is 4.98 Å². The first-order valence-electron chi connectivity index (χ1n) is 9.71. The molecule has 0 radical (unpaired) electrons. The number of benzene rings is 2. The topological polar surface area (TPSA) is 97.1 Å². The molecule has 7 heteroatoms. The molecule has 1 aliphatic heterocycles. The summed E-state index contributed by atoms with van der Waals surface area (Å²) in [6.45, 7) is 1.67. The average Bonchev–Trinajstić information content (AvgIpc) is 3.26. The van der Waals surface area contributed by atoms with E-state index in [4.69, 9.17) is 4.52 Å². The molecule has 3 aromatic rings. The second-order valence-corrected chi connectivity index (χ2v) is 7.79. The van der Waals surface area contributed by atoms with E-state index >= 15 is 0 Å². The molecule has 29 heavy (non-hydrogen) atoms. The van der Waals surface area contributed by atoms with Gasteiger partial charge in [0, 0.05) is 11.1 Å². The summed E-state index contributed by atoms with van der Waals surface area (Å²) < 4.78 is 5.51. The summed E-state index contributed by atoms with van der Waals surface area (Å²) in [6.07, 6.45) is 3.75. The fourth-order valence-corrected chi connectivity index (χ4v) is 3.84. The van der Waals surface area contributed by atoms with Crippen molar-refractivity contribution in [2.75, 3.05) is 0 Å². The Kier molecular flexibility index (Phi) is 3.97. The lowest BCUT2D eigenvalue weighted by Crippen LogP contribution is -2.40. The molecule has 1 atom stereocenters.